The molecule has 1 rings (SSSR count). The number of amides is 2. The normalized spacial score (nSPS) is 18.5. The third-order valence-corrected chi connectivity index (χ3v) is 2.74. The monoisotopic (exact) mass is 213 g/mol. The van der Waals surface area contributed by atoms with Crippen LogP contribution in [0.1, 0.15) is 12.8 Å². The molecule has 0 radical (unpaired) electrons. The van der Waals surface area contributed by atoms with Gasteiger partial charge in [-0.05, 0) is 38.9 Å². The summed E-state index contributed by atoms with van der Waals surface area (Å²) in [5.41, 5.74) is 0. The van der Waals surface area contributed by atoms with Gasteiger partial charge in [0.2, 0.25) is 0 Å². The second-order valence-corrected chi connectivity index (χ2v) is 4.00. The Morgan fingerprint density at radius 1 is 1.40 bits per heavy atom. The molecule has 2 amide bonds. The van der Waals surface area contributed by atoms with Gasteiger partial charge in [0.1, 0.15) is 6.29 Å². The molecule has 1 aliphatic heterocycles. The highest BCUT2D eigenvalue weighted by Crippen LogP contribution is 2.14. The zero-order chi connectivity index (χ0) is 11.1. The lowest BCUT2D eigenvalue weighted by atomic mass is 9.97. The van der Waals surface area contributed by atoms with Gasteiger partial charge in [0.15, 0.2) is 0 Å². The first-order valence-electron chi connectivity index (χ1n) is 5.36. The molecular formula is C10H19N3O2. The molecule has 1 aliphatic rings. The smallest absolute Gasteiger partial charge is 0.315 e. The molecule has 1 saturated heterocycles. The fourth-order valence-corrected chi connectivity index (χ4v) is 1.70. The van der Waals surface area contributed by atoms with Crippen molar-refractivity contribution in [3.63, 3.8) is 0 Å². The Balaban J connectivity index is 2.09. The van der Waals surface area contributed by atoms with Gasteiger partial charge in [-0.25, -0.2) is 4.79 Å². The van der Waals surface area contributed by atoms with E-state index in [1.54, 1.807) is 0 Å². The van der Waals surface area contributed by atoms with Gasteiger partial charge in [-0.15, -0.1) is 0 Å². The Kier molecular flexibility index (Phi) is 5.10. The molecule has 0 aromatic carbocycles. The van der Waals surface area contributed by atoms with E-state index in [0.717, 1.165) is 25.9 Å². The first-order chi connectivity index (χ1) is 7.22. The number of piperidine rings is 1. The zero-order valence-electron chi connectivity index (χ0n) is 9.16. The number of nitrogens with zero attached hydrogens (tertiary/aromatic N) is 1. The molecule has 0 atom stereocenters. The van der Waals surface area contributed by atoms with E-state index < -0.39 is 0 Å². The Morgan fingerprint density at radius 2 is 2.07 bits per heavy atom. The average Bonchev–Trinajstić information content (AvgIpc) is 2.25. The summed E-state index contributed by atoms with van der Waals surface area (Å²) in [6.45, 7) is 2.99. The lowest BCUT2D eigenvalue weighted by molar-refractivity contribution is -0.107. The summed E-state index contributed by atoms with van der Waals surface area (Å²) in [7, 11) is 2.11. The van der Waals surface area contributed by atoms with E-state index in [0.29, 0.717) is 18.7 Å². The minimum Gasteiger partial charge on any atom is -0.338 e. The molecule has 2 N–H and O–H groups in total. The maximum atomic E-state index is 11.1. The van der Waals surface area contributed by atoms with E-state index in [-0.39, 0.29) is 12.6 Å². The predicted molar refractivity (Wildman–Crippen MR) is 57.7 cm³/mol. The summed E-state index contributed by atoms with van der Waals surface area (Å²) < 4.78 is 0. The largest absolute Gasteiger partial charge is 0.338 e. The molecule has 1 heterocycles. The van der Waals surface area contributed by atoms with E-state index in [9.17, 15) is 9.59 Å². The van der Waals surface area contributed by atoms with E-state index in [4.69, 9.17) is 0 Å². The first-order valence-corrected chi connectivity index (χ1v) is 5.36. The van der Waals surface area contributed by atoms with E-state index in [1.807, 2.05) is 0 Å². The molecule has 0 unspecified atom stereocenters. The van der Waals surface area contributed by atoms with Crippen molar-refractivity contribution in [2.75, 3.05) is 33.2 Å². The van der Waals surface area contributed by atoms with Gasteiger partial charge in [0, 0.05) is 6.54 Å². The van der Waals surface area contributed by atoms with Gasteiger partial charge >= 0.3 is 6.03 Å². The predicted octanol–water partition coefficient (Wildman–Crippen LogP) is -0.174. The number of likely N-dealkylation sites (tertiary alicyclic amines) is 1. The van der Waals surface area contributed by atoms with Gasteiger partial charge in [-0.2, -0.15) is 0 Å². The molecule has 86 valence electrons. The summed E-state index contributed by atoms with van der Waals surface area (Å²) >= 11 is 0. The Labute approximate surface area is 90.2 Å². The highest BCUT2D eigenvalue weighted by Gasteiger charge is 2.16. The molecule has 0 aromatic heterocycles. The maximum absolute atomic E-state index is 11.1. The van der Waals surface area contributed by atoms with Crippen molar-refractivity contribution in [2.45, 2.75) is 12.8 Å². The minimum absolute atomic E-state index is 0.0826. The molecule has 5 heteroatoms. The number of hydrogen-bond donors (Lipinski definition) is 2. The van der Waals surface area contributed by atoms with Crippen LogP contribution in [0.5, 0.6) is 0 Å². The van der Waals surface area contributed by atoms with Gasteiger partial charge < -0.3 is 20.3 Å². The molecule has 1 fully saturated rings. The van der Waals surface area contributed by atoms with Crippen LogP contribution in [0.2, 0.25) is 0 Å². The summed E-state index contributed by atoms with van der Waals surface area (Å²) in [4.78, 5) is 23.4. The Morgan fingerprint density at radius 3 is 2.67 bits per heavy atom. The van der Waals surface area contributed by atoms with E-state index in [1.165, 1.54) is 0 Å². The number of urea groups is 1. The maximum Gasteiger partial charge on any atom is 0.315 e. The second kappa shape index (κ2) is 6.40. The van der Waals surface area contributed by atoms with Crippen LogP contribution in [0.15, 0.2) is 0 Å². The average molecular weight is 213 g/mol. The third-order valence-electron chi connectivity index (χ3n) is 2.74. The van der Waals surface area contributed by atoms with Crippen molar-refractivity contribution >= 4 is 12.3 Å². The summed E-state index contributed by atoms with van der Waals surface area (Å²) in [5.74, 6) is 0.572. The van der Waals surface area contributed by atoms with Crippen LogP contribution in [-0.2, 0) is 4.79 Å². The number of carbonyl (C=O) groups is 2. The van der Waals surface area contributed by atoms with E-state index in [2.05, 4.69) is 22.6 Å². The quantitative estimate of drug-likeness (QED) is 0.637. The number of rotatable bonds is 4. The molecule has 15 heavy (non-hydrogen) atoms. The lowest BCUT2D eigenvalue weighted by Crippen LogP contribution is -2.41. The molecule has 0 spiro atoms. The summed E-state index contributed by atoms with van der Waals surface area (Å²) in [5, 5.41) is 5.23. The van der Waals surface area contributed by atoms with Crippen LogP contribution in [0.4, 0.5) is 4.79 Å². The summed E-state index contributed by atoms with van der Waals surface area (Å²) in [6.07, 6.45) is 2.93. The second-order valence-electron chi connectivity index (χ2n) is 4.00. The highest BCUT2D eigenvalue weighted by molar-refractivity contribution is 5.76. The standard InChI is InChI=1S/C10H19N3O2/c1-13-5-2-9(3-6-13)8-12-10(15)11-4-7-14/h7,9H,2-6,8H2,1H3,(H2,11,12,15). The first kappa shape index (κ1) is 12.0. The fraction of sp³-hybridized carbons (Fsp3) is 0.800. The SMILES string of the molecule is CN1CCC(CNC(=O)NCC=O)CC1. The summed E-state index contributed by atoms with van der Waals surface area (Å²) in [6, 6.07) is -0.249. The van der Waals surface area contributed by atoms with Crippen molar-refractivity contribution in [3.8, 4) is 0 Å². The highest BCUT2D eigenvalue weighted by atomic mass is 16.2. The molecule has 0 aromatic rings. The van der Waals surface area contributed by atoms with Crippen molar-refractivity contribution < 1.29 is 9.59 Å². The van der Waals surface area contributed by atoms with Crippen LogP contribution in [-0.4, -0.2) is 50.4 Å². The molecule has 0 saturated carbocycles. The van der Waals surface area contributed by atoms with Crippen LogP contribution in [0, 0.1) is 5.92 Å². The van der Waals surface area contributed by atoms with Crippen LogP contribution >= 0.6 is 0 Å². The van der Waals surface area contributed by atoms with Gasteiger partial charge in [0.25, 0.3) is 0 Å². The molecular weight excluding hydrogens is 194 g/mol. The lowest BCUT2D eigenvalue weighted by Gasteiger charge is -2.28. The van der Waals surface area contributed by atoms with Crippen LogP contribution in [0.25, 0.3) is 0 Å². The molecule has 5 nitrogen and oxygen atoms in total. The van der Waals surface area contributed by atoms with Gasteiger partial charge in [-0.3, -0.25) is 0 Å². The number of nitrogens with one attached hydrogen (secondary N) is 2. The van der Waals surface area contributed by atoms with Crippen molar-refractivity contribution in [1.29, 1.82) is 0 Å². The van der Waals surface area contributed by atoms with Crippen molar-refractivity contribution in [3.05, 3.63) is 0 Å². The Hall–Kier alpha value is -1.10. The fourth-order valence-electron chi connectivity index (χ4n) is 1.70. The van der Waals surface area contributed by atoms with Gasteiger partial charge in [0.05, 0.1) is 6.54 Å². The van der Waals surface area contributed by atoms with Gasteiger partial charge in [-0.1, -0.05) is 0 Å². The van der Waals surface area contributed by atoms with Crippen LogP contribution in [0.3, 0.4) is 0 Å². The van der Waals surface area contributed by atoms with Crippen molar-refractivity contribution in [1.82, 2.24) is 15.5 Å². The molecule has 0 bridgehead atoms. The third kappa shape index (κ3) is 4.78. The Bertz CT molecular complexity index is 213. The zero-order valence-corrected chi connectivity index (χ0v) is 9.16. The van der Waals surface area contributed by atoms with Crippen LogP contribution < -0.4 is 10.6 Å². The minimum atomic E-state index is -0.249. The topological polar surface area (TPSA) is 61.4 Å². The number of aldehydes is 1. The molecule has 0 aliphatic carbocycles. The van der Waals surface area contributed by atoms with Crippen molar-refractivity contribution in [2.24, 2.45) is 5.92 Å². The van der Waals surface area contributed by atoms with E-state index >= 15 is 0 Å². The number of carbonyl (C=O) groups excluding carboxylic acids is 2. The number of hydrogen-bond acceptors (Lipinski definition) is 3.